The molecule has 0 saturated carbocycles. The summed E-state index contributed by atoms with van der Waals surface area (Å²) in [5.41, 5.74) is 5.34. The minimum Gasteiger partial charge on any atom is -0.457 e. The van der Waals surface area contributed by atoms with Crippen molar-refractivity contribution < 1.29 is 32.8 Å². The Balaban J connectivity index is 4.09. The van der Waals surface area contributed by atoms with Gasteiger partial charge in [0, 0.05) is 19.6 Å². The Morgan fingerprint density at radius 2 is 1.18 bits per heavy atom. The van der Waals surface area contributed by atoms with Crippen molar-refractivity contribution in [3.63, 3.8) is 0 Å². The molecule has 0 heterocycles. The zero-order valence-electron chi connectivity index (χ0n) is 29.1. The maximum Gasteiger partial charge on any atom is 0.472 e. The summed E-state index contributed by atoms with van der Waals surface area (Å²) in [5, 5.41) is 0. The summed E-state index contributed by atoms with van der Waals surface area (Å²) in [7, 11) is -4.27. The van der Waals surface area contributed by atoms with Crippen LogP contribution in [-0.2, 0) is 27.9 Å². The Labute approximate surface area is 276 Å². The monoisotopic (exact) mass is 659 g/mol. The van der Waals surface area contributed by atoms with Gasteiger partial charge in [-0.2, -0.15) is 0 Å². The van der Waals surface area contributed by atoms with Crippen molar-refractivity contribution in [2.75, 3.05) is 33.0 Å². The third-order valence-electron chi connectivity index (χ3n) is 7.62. The summed E-state index contributed by atoms with van der Waals surface area (Å²) in [6, 6.07) is 0. The fourth-order valence-electron chi connectivity index (χ4n) is 4.91. The largest absolute Gasteiger partial charge is 0.472 e. The van der Waals surface area contributed by atoms with Crippen molar-refractivity contribution in [2.24, 2.45) is 5.73 Å². The Hall–Kier alpha value is -1.02. The average Bonchev–Trinajstić information content (AvgIpc) is 3.02. The SMILES string of the molecule is CCCCC/C=C\C/C=C\CCCCCCCCOCC(COP(=O)(O)OCCN)OC(=O)CCCCCCCCCCCC. The summed E-state index contributed by atoms with van der Waals surface area (Å²) < 4.78 is 33.2. The first-order valence-corrected chi connectivity index (χ1v) is 19.8. The number of phosphoric acid groups is 1. The van der Waals surface area contributed by atoms with Crippen LogP contribution in [0, 0.1) is 0 Å². The number of nitrogens with two attached hydrogens (primary N) is 1. The quantitative estimate of drug-likeness (QED) is 0.0299. The molecule has 0 spiro atoms. The zero-order chi connectivity index (χ0) is 33.1. The lowest BCUT2D eigenvalue weighted by Gasteiger charge is -2.20. The van der Waals surface area contributed by atoms with E-state index in [2.05, 4.69) is 38.2 Å². The molecule has 2 atom stereocenters. The van der Waals surface area contributed by atoms with Crippen molar-refractivity contribution in [2.45, 2.75) is 168 Å². The van der Waals surface area contributed by atoms with E-state index in [0.29, 0.717) is 13.0 Å². The highest BCUT2D eigenvalue weighted by Crippen LogP contribution is 2.43. The van der Waals surface area contributed by atoms with E-state index in [1.54, 1.807) is 0 Å². The van der Waals surface area contributed by atoms with Gasteiger partial charge in [-0.3, -0.25) is 13.8 Å². The van der Waals surface area contributed by atoms with Crippen LogP contribution in [0.5, 0.6) is 0 Å². The molecule has 266 valence electrons. The van der Waals surface area contributed by atoms with Crippen LogP contribution in [0.4, 0.5) is 0 Å². The lowest BCUT2D eigenvalue weighted by Crippen LogP contribution is -2.28. The van der Waals surface area contributed by atoms with Crippen LogP contribution >= 0.6 is 7.82 Å². The number of allylic oxidation sites excluding steroid dienone is 4. The van der Waals surface area contributed by atoms with Gasteiger partial charge >= 0.3 is 13.8 Å². The number of hydrogen-bond acceptors (Lipinski definition) is 7. The second-order valence-electron chi connectivity index (χ2n) is 12.1. The highest BCUT2D eigenvalue weighted by molar-refractivity contribution is 7.47. The highest BCUT2D eigenvalue weighted by Gasteiger charge is 2.25. The third kappa shape index (κ3) is 34.1. The summed E-state index contributed by atoms with van der Waals surface area (Å²) in [5.74, 6) is -0.337. The first-order chi connectivity index (χ1) is 21.9. The second-order valence-corrected chi connectivity index (χ2v) is 13.5. The average molecular weight is 660 g/mol. The van der Waals surface area contributed by atoms with Gasteiger partial charge in [-0.15, -0.1) is 0 Å². The fraction of sp³-hybridized carbons (Fsp3) is 0.861. The molecule has 0 saturated heterocycles. The van der Waals surface area contributed by atoms with Gasteiger partial charge in [0.25, 0.3) is 0 Å². The first-order valence-electron chi connectivity index (χ1n) is 18.3. The number of carbonyl (C=O) groups is 1. The predicted molar refractivity (Wildman–Crippen MR) is 187 cm³/mol. The van der Waals surface area contributed by atoms with Gasteiger partial charge in [0.2, 0.25) is 0 Å². The standard InChI is InChI=1S/C36H70NO7P/c1-3-5-7-9-11-13-15-16-17-18-19-20-22-24-26-28-31-41-33-35(34-43-45(39,40)42-32-30-37)44-36(38)29-27-25-23-21-14-12-10-8-6-4-2/h11,13,16-17,35H,3-10,12,14-15,18-34,37H2,1-2H3,(H,39,40)/b13-11-,17-16-. The number of carbonyl (C=O) groups excluding carboxylic acids is 1. The molecule has 0 fully saturated rings. The highest BCUT2D eigenvalue weighted by atomic mass is 31.2. The number of ether oxygens (including phenoxy) is 2. The molecule has 0 radical (unpaired) electrons. The molecule has 0 aliphatic heterocycles. The molecular weight excluding hydrogens is 589 g/mol. The van der Waals surface area contributed by atoms with E-state index < -0.39 is 13.9 Å². The summed E-state index contributed by atoms with van der Waals surface area (Å²) in [4.78, 5) is 22.3. The van der Waals surface area contributed by atoms with Crippen LogP contribution in [0.15, 0.2) is 24.3 Å². The van der Waals surface area contributed by atoms with E-state index in [-0.39, 0.29) is 32.3 Å². The van der Waals surface area contributed by atoms with Crippen LogP contribution in [0.3, 0.4) is 0 Å². The van der Waals surface area contributed by atoms with Crippen molar-refractivity contribution in [3.8, 4) is 0 Å². The van der Waals surface area contributed by atoms with E-state index in [4.69, 9.17) is 24.3 Å². The molecule has 0 aliphatic rings. The van der Waals surface area contributed by atoms with Crippen LogP contribution in [-0.4, -0.2) is 49.9 Å². The molecule has 3 N–H and O–H groups in total. The normalized spacial score (nSPS) is 14.0. The third-order valence-corrected chi connectivity index (χ3v) is 8.61. The molecule has 9 heteroatoms. The van der Waals surface area contributed by atoms with Gasteiger partial charge in [-0.1, -0.05) is 134 Å². The van der Waals surface area contributed by atoms with E-state index in [9.17, 15) is 14.3 Å². The number of rotatable bonds is 35. The van der Waals surface area contributed by atoms with Crippen molar-refractivity contribution >= 4 is 13.8 Å². The van der Waals surface area contributed by atoms with E-state index in [1.165, 1.54) is 96.3 Å². The first kappa shape index (κ1) is 44.0. The summed E-state index contributed by atoms with van der Waals surface area (Å²) in [6.07, 6.45) is 34.7. The van der Waals surface area contributed by atoms with Crippen molar-refractivity contribution in [1.29, 1.82) is 0 Å². The molecule has 45 heavy (non-hydrogen) atoms. The minimum atomic E-state index is -4.27. The Kier molecular flexibility index (Phi) is 33.5. The molecule has 0 rings (SSSR count). The molecule has 2 unspecified atom stereocenters. The smallest absolute Gasteiger partial charge is 0.457 e. The topological polar surface area (TPSA) is 117 Å². The van der Waals surface area contributed by atoms with Crippen LogP contribution in [0.25, 0.3) is 0 Å². The van der Waals surface area contributed by atoms with E-state index in [1.807, 2.05) is 0 Å². The Morgan fingerprint density at radius 1 is 0.667 bits per heavy atom. The molecule has 0 amide bonds. The molecular formula is C36H70NO7P. The maximum absolute atomic E-state index is 12.5. The molecule has 0 aliphatic carbocycles. The van der Waals surface area contributed by atoms with E-state index >= 15 is 0 Å². The maximum atomic E-state index is 12.5. The number of esters is 1. The number of unbranched alkanes of at least 4 members (excludes halogenated alkanes) is 18. The number of hydrogen-bond donors (Lipinski definition) is 2. The molecule has 0 aromatic heterocycles. The number of phosphoric ester groups is 1. The Morgan fingerprint density at radius 3 is 1.78 bits per heavy atom. The fourth-order valence-corrected chi connectivity index (χ4v) is 5.67. The predicted octanol–water partition coefficient (Wildman–Crippen LogP) is 10.1. The van der Waals surface area contributed by atoms with Crippen LogP contribution in [0.1, 0.15) is 162 Å². The summed E-state index contributed by atoms with van der Waals surface area (Å²) in [6.45, 7) is 4.86. The van der Waals surface area contributed by atoms with Crippen molar-refractivity contribution in [1.82, 2.24) is 0 Å². The molecule has 0 aromatic carbocycles. The minimum absolute atomic E-state index is 0.0962. The van der Waals surface area contributed by atoms with Gasteiger partial charge < -0.3 is 20.1 Å². The molecule has 8 nitrogen and oxygen atoms in total. The second kappa shape index (κ2) is 34.3. The Bertz CT molecular complexity index is 747. The van der Waals surface area contributed by atoms with Gasteiger partial charge in [0.1, 0.15) is 6.10 Å². The lowest BCUT2D eigenvalue weighted by molar-refractivity contribution is -0.154. The van der Waals surface area contributed by atoms with Crippen LogP contribution < -0.4 is 5.73 Å². The molecule has 0 aromatic rings. The zero-order valence-corrected chi connectivity index (χ0v) is 30.0. The van der Waals surface area contributed by atoms with Gasteiger partial charge in [-0.25, -0.2) is 4.57 Å². The van der Waals surface area contributed by atoms with E-state index in [0.717, 1.165) is 44.9 Å². The van der Waals surface area contributed by atoms with Gasteiger partial charge in [0.15, 0.2) is 0 Å². The van der Waals surface area contributed by atoms with Crippen LogP contribution in [0.2, 0.25) is 0 Å². The summed E-state index contributed by atoms with van der Waals surface area (Å²) >= 11 is 0. The lowest BCUT2D eigenvalue weighted by atomic mass is 10.1. The molecule has 0 bridgehead atoms. The van der Waals surface area contributed by atoms with Crippen molar-refractivity contribution in [3.05, 3.63) is 24.3 Å². The van der Waals surface area contributed by atoms with Gasteiger partial charge in [0.05, 0.1) is 19.8 Å². The van der Waals surface area contributed by atoms with Gasteiger partial charge in [-0.05, 0) is 44.9 Å².